The van der Waals surface area contributed by atoms with E-state index in [0.29, 0.717) is 10.4 Å². The fraction of sp³-hybridized carbons (Fsp3) is 0.269. The number of hydrogen-bond acceptors (Lipinski definition) is 4. The number of alkyl halides is 3. The first-order valence-corrected chi connectivity index (χ1v) is 13.2. The summed E-state index contributed by atoms with van der Waals surface area (Å²) in [4.78, 5) is 12.2. The van der Waals surface area contributed by atoms with Crippen molar-refractivity contribution in [1.29, 1.82) is 0 Å². The topological polar surface area (TPSA) is 76.4 Å². The number of aryl methyl sites for hydroxylation is 1. The van der Waals surface area contributed by atoms with Crippen LogP contribution >= 0.6 is 11.3 Å². The second kappa shape index (κ2) is 8.77. The van der Waals surface area contributed by atoms with Gasteiger partial charge in [0.05, 0.1) is 16.0 Å². The van der Waals surface area contributed by atoms with Gasteiger partial charge in [0.2, 0.25) is 0 Å². The van der Waals surface area contributed by atoms with E-state index in [4.69, 9.17) is 0 Å². The van der Waals surface area contributed by atoms with Gasteiger partial charge in [-0.2, -0.15) is 13.2 Å². The maximum Gasteiger partial charge on any atom is 0.416 e. The van der Waals surface area contributed by atoms with E-state index in [0.717, 1.165) is 39.1 Å². The number of nitrogens with zero attached hydrogens (tertiary/aromatic N) is 1. The summed E-state index contributed by atoms with van der Waals surface area (Å²) >= 11 is 1.01. The van der Waals surface area contributed by atoms with Gasteiger partial charge in [-0.05, 0) is 65.9 Å². The summed E-state index contributed by atoms with van der Waals surface area (Å²) in [5, 5.41) is 9.52. The number of hydrogen-bond donors (Lipinski definition) is 1. The van der Waals surface area contributed by atoms with Crippen molar-refractivity contribution >= 4 is 38.2 Å². The van der Waals surface area contributed by atoms with Gasteiger partial charge in [-0.15, -0.1) is 11.3 Å². The zero-order valence-electron chi connectivity index (χ0n) is 20.0. The van der Waals surface area contributed by atoms with Crippen molar-refractivity contribution in [2.75, 3.05) is 0 Å². The third-order valence-electron chi connectivity index (χ3n) is 5.91. The van der Waals surface area contributed by atoms with Gasteiger partial charge in [-0.25, -0.2) is 17.2 Å². The van der Waals surface area contributed by atoms with E-state index in [1.807, 2.05) is 26.8 Å². The van der Waals surface area contributed by atoms with Crippen molar-refractivity contribution in [3.05, 3.63) is 86.7 Å². The number of halogens is 3. The van der Waals surface area contributed by atoms with Gasteiger partial charge in [0.25, 0.3) is 10.0 Å². The standard InChI is InChI=1S/C26H24F3NO4S2/c1-15-10-20(35-23(15)24(31)32)14-19-12-16-11-18(26(27,28)29)8-9-22(16)30(19)36(33,34)21-7-5-6-17(13-21)25(2,3)4/h5-13H,14H2,1-4H3,(H,31,32). The van der Waals surface area contributed by atoms with Crippen molar-refractivity contribution in [3.8, 4) is 0 Å². The Labute approximate surface area is 210 Å². The Kier molecular flexibility index (Phi) is 6.33. The lowest BCUT2D eigenvalue weighted by Gasteiger charge is -2.20. The summed E-state index contributed by atoms with van der Waals surface area (Å²) in [6.45, 7) is 7.50. The monoisotopic (exact) mass is 535 g/mol. The maximum atomic E-state index is 13.9. The molecular weight excluding hydrogens is 511 g/mol. The van der Waals surface area contributed by atoms with E-state index >= 15 is 0 Å². The second-order valence-electron chi connectivity index (χ2n) is 9.66. The summed E-state index contributed by atoms with van der Waals surface area (Å²) in [6.07, 6.45) is -4.55. The van der Waals surface area contributed by atoms with E-state index in [-0.39, 0.29) is 38.2 Å². The molecule has 0 amide bonds. The molecule has 0 saturated heterocycles. The van der Waals surface area contributed by atoms with Crippen molar-refractivity contribution < 1.29 is 31.5 Å². The number of carboxylic acid groups (broad SMARTS) is 1. The van der Waals surface area contributed by atoms with Crippen LogP contribution in [0, 0.1) is 6.92 Å². The molecule has 2 aromatic carbocycles. The zero-order valence-corrected chi connectivity index (χ0v) is 21.6. The fourth-order valence-corrected chi connectivity index (χ4v) is 6.70. The van der Waals surface area contributed by atoms with Crippen molar-refractivity contribution in [3.63, 3.8) is 0 Å². The molecule has 0 atom stereocenters. The number of rotatable bonds is 5. The van der Waals surface area contributed by atoms with Crippen LogP contribution in [0.25, 0.3) is 10.9 Å². The molecule has 0 aliphatic heterocycles. The highest BCUT2D eigenvalue weighted by atomic mass is 32.2. The highest BCUT2D eigenvalue weighted by molar-refractivity contribution is 7.90. The van der Waals surface area contributed by atoms with E-state index in [9.17, 15) is 31.5 Å². The summed E-state index contributed by atoms with van der Waals surface area (Å²) in [5.74, 6) is -1.09. The predicted molar refractivity (Wildman–Crippen MR) is 133 cm³/mol. The molecule has 10 heteroatoms. The van der Waals surface area contributed by atoms with Gasteiger partial charge in [-0.1, -0.05) is 32.9 Å². The number of thiophene rings is 1. The zero-order chi connectivity index (χ0) is 26.6. The smallest absolute Gasteiger partial charge is 0.416 e. The van der Waals surface area contributed by atoms with Crippen LogP contribution in [-0.4, -0.2) is 23.5 Å². The van der Waals surface area contributed by atoms with Crippen LogP contribution in [0.4, 0.5) is 13.2 Å². The van der Waals surface area contributed by atoms with Crippen molar-refractivity contribution in [1.82, 2.24) is 3.97 Å². The first-order chi connectivity index (χ1) is 16.6. The number of benzene rings is 2. The van der Waals surface area contributed by atoms with Crippen molar-refractivity contribution in [2.24, 2.45) is 0 Å². The second-order valence-corrected chi connectivity index (χ2v) is 12.6. The third kappa shape index (κ3) is 4.79. The number of aromatic carboxylic acids is 1. The molecule has 4 rings (SSSR count). The summed E-state index contributed by atoms with van der Waals surface area (Å²) in [5.41, 5.74) is 0.475. The van der Waals surface area contributed by atoms with Crippen LogP contribution in [0.1, 0.15) is 57.7 Å². The van der Waals surface area contributed by atoms with Gasteiger partial charge in [0.1, 0.15) is 4.88 Å². The molecule has 0 aliphatic rings. The van der Waals surface area contributed by atoms with E-state index in [1.54, 1.807) is 25.1 Å². The van der Waals surface area contributed by atoms with Gasteiger partial charge >= 0.3 is 12.1 Å². The van der Waals surface area contributed by atoms with Crippen LogP contribution in [0.5, 0.6) is 0 Å². The minimum atomic E-state index is -4.59. The average Bonchev–Trinajstić information content (AvgIpc) is 3.32. The van der Waals surface area contributed by atoms with E-state index in [1.165, 1.54) is 12.1 Å². The average molecular weight is 536 g/mol. The molecule has 1 N–H and O–H groups in total. The highest BCUT2D eigenvalue weighted by Gasteiger charge is 2.32. The van der Waals surface area contributed by atoms with Gasteiger partial charge in [-0.3, -0.25) is 0 Å². The highest BCUT2D eigenvalue weighted by Crippen LogP contribution is 2.35. The molecule has 0 saturated carbocycles. The molecule has 0 bridgehead atoms. The summed E-state index contributed by atoms with van der Waals surface area (Å²) in [6, 6.07) is 12.5. The molecular formula is C26H24F3NO4S2. The molecule has 5 nitrogen and oxygen atoms in total. The largest absolute Gasteiger partial charge is 0.477 e. The predicted octanol–water partition coefficient (Wildman–Crippen LogP) is 6.85. The Bertz CT molecular complexity index is 1590. The van der Waals surface area contributed by atoms with E-state index < -0.39 is 27.7 Å². The van der Waals surface area contributed by atoms with Crippen molar-refractivity contribution in [2.45, 2.75) is 50.6 Å². The summed E-state index contributed by atoms with van der Waals surface area (Å²) in [7, 11) is -4.20. The normalized spacial score (nSPS) is 12.9. The SMILES string of the molecule is Cc1cc(Cc2cc3cc(C(F)(F)F)ccc3n2S(=O)(=O)c2cccc(C(C)(C)C)c2)sc1C(=O)O. The third-order valence-corrected chi connectivity index (χ3v) is 8.90. The lowest BCUT2D eigenvalue weighted by atomic mass is 9.87. The van der Waals surface area contributed by atoms with Crippen LogP contribution in [0.15, 0.2) is 59.5 Å². The lowest BCUT2D eigenvalue weighted by Crippen LogP contribution is -2.18. The number of carbonyl (C=O) groups is 1. The molecule has 2 aromatic heterocycles. The molecule has 0 radical (unpaired) electrons. The number of fused-ring (bicyclic) bond motifs is 1. The molecule has 0 fully saturated rings. The first-order valence-electron chi connectivity index (χ1n) is 11.0. The van der Waals surface area contributed by atoms with E-state index in [2.05, 4.69) is 0 Å². The summed E-state index contributed by atoms with van der Waals surface area (Å²) < 4.78 is 69.0. The maximum absolute atomic E-state index is 13.9. The van der Waals surface area contributed by atoms with Crippen LogP contribution in [0.3, 0.4) is 0 Å². The Morgan fingerprint density at radius 2 is 1.69 bits per heavy atom. The minimum Gasteiger partial charge on any atom is -0.477 e. The first kappa shape index (κ1) is 26.0. The fourth-order valence-electron chi connectivity index (χ4n) is 4.09. The quantitative estimate of drug-likeness (QED) is 0.303. The van der Waals surface area contributed by atoms with Crippen LogP contribution in [-0.2, 0) is 28.0 Å². The lowest BCUT2D eigenvalue weighted by molar-refractivity contribution is -0.137. The molecule has 2 heterocycles. The number of carboxylic acids is 1. The molecule has 0 unspecified atom stereocenters. The Hall–Kier alpha value is -3.11. The Morgan fingerprint density at radius 1 is 1.00 bits per heavy atom. The van der Waals surface area contributed by atoms with Crippen LogP contribution < -0.4 is 0 Å². The molecule has 4 aromatic rings. The minimum absolute atomic E-state index is 0.0159. The number of aromatic nitrogens is 1. The molecule has 0 aliphatic carbocycles. The molecule has 0 spiro atoms. The Morgan fingerprint density at radius 3 is 2.28 bits per heavy atom. The van der Waals surface area contributed by atoms with Crippen LogP contribution in [0.2, 0.25) is 0 Å². The van der Waals surface area contributed by atoms with Gasteiger partial charge in [0, 0.05) is 22.4 Å². The van der Waals surface area contributed by atoms with Gasteiger partial charge in [0.15, 0.2) is 0 Å². The molecule has 36 heavy (non-hydrogen) atoms. The van der Waals surface area contributed by atoms with Gasteiger partial charge < -0.3 is 5.11 Å². The Balaban J connectivity index is 1.94. The molecule has 190 valence electrons.